The predicted octanol–water partition coefficient (Wildman–Crippen LogP) is 1.30. The van der Waals surface area contributed by atoms with Crippen LogP contribution in [0.3, 0.4) is 0 Å². The molecule has 0 bridgehead atoms. The summed E-state index contributed by atoms with van der Waals surface area (Å²) in [5, 5.41) is 18.9. The molecule has 5 atom stereocenters. The first-order valence-corrected chi connectivity index (χ1v) is 5.50. The predicted molar refractivity (Wildman–Crippen MR) is 52.0 cm³/mol. The monoisotopic (exact) mass is 199 g/mol. The van der Waals surface area contributed by atoms with Gasteiger partial charge in [0.2, 0.25) is 0 Å². The third-order valence-electron chi connectivity index (χ3n) is 3.49. The summed E-state index contributed by atoms with van der Waals surface area (Å²) in [6.45, 7) is 2.24. The zero-order valence-electron chi connectivity index (χ0n) is 8.60. The van der Waals surface area contributed by atoms with Crippen LogP contribution in [0.1, 0.15) is 32.6 Å². The summed E-state index contributed by atoms with van der Waals surface area (Å²) < 4.78 is 4.96. The Kier molecular flexibility index (Phi) is 3.10. The van der Waals surface area contributed by atoms with Crippen LogP contribution in [0.15, 0.2) is 0 Å². The molecule has 2 fully saturated rings. The second-order valence-electron chi connectivity index (χ2n) is 4.74. The molecule has 2 rings (SSSR count). The van der Waals surface area contributed by atoms with E-state index in [0.29, 0.717) is 18.3 Å². The van der Waals surface area contributed by atoms with E-state index in [0.717, 1.165) is 12.8 Å². The van der Waals surface area contributed by atoms with E-state index in [9.17, 15) is 10.2 Å². The molecule has 0 aromatic rings. The number of ether oxygens (including phenoxy) is 1. The average molecular weight is 199 g/mol. The summed E-state index contributed by atoms with van der Waals surface area (Å²) >= 11 is 0. The van der Waals surface area contributed by atoms with Crippen LogP contribution >= 0.6 is 0 Å². The Labute approximate surface area is 85.1 Å². The molecule has 0 spiro atoms. The number of hydrogen-bond donors (Lipinski definition) is 2. The number of aliphatic hydroxyl groups is 2. The maximum Gasteiger partial charge on any atom is 0.160 e. The van der Waals surface area contributed by atoms with Crippen LogP contribution in [0, 0.1) is 24.2 Å². The van der Waals surface area contributed by atoms with E-state index in [1.165, 1.54) is 6.42 Å². The molecule has 3 heteroatoms. The summed E-state index contributed by atoms with van der Waals surface area (Å²) in [6, 6.07) is 0. The highest BCUT2D eigenvalue weighted by atomic mass is 16.7. The first-order chi connectivity index (χ1) is 6.66. The Bertz CT molecular complexity index is 195. The van der Waals surface area contributed by atoms with Gasteiger partial charge in [0.05, 0.1) is 0 Å². The Morgan fingerprint density at radius 2 is 2.00 bits per heavy atom. The molecule has 81 valence electrons. The highest BCUT2D eigenvalue weighted by Gasteiger charge is 2.39. The van der Waals surface area contributed by atoms with Crippen molar-refractivity contribution >= 4 is 0 Å². The molecular weight excluding hydrogens is 180 g/mol. The van der Waals surface area contributed by atoms with E-state index >= 15 is 0 Å². The fourth-order valence-corrected chi connectivity index (χ4v) is 2.75. The molecule has 2 aliphatic rings. The minimum absolute atomic E-state index is 0.129. The largest absolute Gasteiger partial charge is 0.368 e. The molecule has 1 aliphatic heterocycles. The lowest BCUT2D eigenvalue weighted by Crippen LogP contribution is -2.27. The van der Waals surface area contributed by atoms with Crippen LogP contribution in [0.5, 0.6) is 0 Å². The van der Waals surface area contributed by atoms with Crippen molar-refractivity contribution in [1.29, 1.82) is 0 Å². The third-order valence-corrected chi connectivity index (χ3v) is 3.49. The zero-order valence-corrected chi connectivity index (χ0v) is 8.60. The minimum Gasteiger partial charge on any atom is -0.368 e. The maximum absolute atomic E-state index is 9.60. The normalized spacial score (nSPS) is 49.5. The molecule has 1 saturated carbocycles. The Morgan fingerprint density at radius 3 is 2.57 bits per heavy atom. The minimum atomic E-state index is -0.757. The van der Waals surface area contributed by atoms with E-state index in [1.807, 2.05) is 0 Å². The van der Waals surface area contributed by atoms with Crippen molar-refractivity contribution in [3.63, 3.8) is 0 Å². The van der Waals surface area contributed by atoms with E-state index < -0.39 is 12.6 Å². The van der Waals surface area contributed by atoms with Crippen LogP contribution < -0.4 is 0 Å². The van der Waals surface area contributed by atoms with Crippen LogP contribution in [-0.4, -0.2) is 22.8 Å². The number of rotatable bonds is 1. The Morgan fingerprint density at radius 1 is 1.21 bits per heavy atom. The van der Waals surface area contributed by atoms with Crippen molar-refractivity contribution in [2.45, 2.75) is 45.2 Å². The van der Waals surface area contributed by atoms with E-state index in [-0.39, 0.29) is 5.92 Å². The van der Waals surface area contributed by atoms with Crippen molar-refractivity contribution in [1.82, 2.24) is 0 Å². The van der Waals surface area contributed by atoms with Gasteiger partial charge in [0.25, 0.3) is 0 Å². The molecule has 5 unspecified atom stereocenters. The van der Waals surface area contributed by atoms with Gasteiger partial charge in [0.15, 0.2) is 12.6 Å². The summed E-state index contributed by atoms with van der Waals surface area (Å²) in [7, 11) is 0. The quantitative estimate of drug-likeness (QED) is 0.669. The van der Waals surface area contributed by atoms with Crippen LogP contribution in [0.25, 0.3) is 0 Å². The van der Waals surface area contributed by atoms with Gasteiger partial charge >= 0.3 is 0 Å². The highest BCUT2D eigenvalue weighted by Crippen LogP contribution is 2.39. The first-order valence-electron chi connectivity index (χ1n) is 5.50. The van der Waals surface area contributed by atoms with Gasteiger partial charge in [-0.25, -0.2) is 0 Å². The van der Waals surface area contributed by atoms with Gasteiger partial charge in [-0.05, 0) is 37.5 Å². The van der Waals surface area contributed by atoms with E-state index in [2.05, 4.69) is 13.3 Å². The molecule has 0 aromatic carbocycles. The molecule has 1 radical (unpaired) electrons. The molecule has 14 heavy (non-hydrogen) atoms. The molecule has 2 N–H and O–H groups in total. The average Bonchev–Trinajstić information content (AvgIpc) is 2.45. The van der Waals surface area contributed by atoms with Gasteiger partial charge in [-0.1, -0.05) is 6.92 Å². The smallest absolute Gasteiger partial charge is 0.160 e. The van der Waals surface area contributed by atoms with Crippen molar-refractivity contribution in [2.24, 2.45) is 17.8 Å². The standard InChI is InChI=1S/C11H19O3/c1-7-3-2-4-8(5-7)9-6-10(12)14-11(9)13/h2,7-13H,3-6H2,1H3. The van der Waals surface area contributed by atoms with Gasteiger partial charge < -0.3 is 14.9 Å². The highest BCUT2D eigenvalue weighted by molar-refractivity contribution is 4.88. The van der Waals surface area contributed by atoms with Gasteiger partial charge in [0.1, 0.15) is 0 Å². The Balaban J connectivity index is 1.93. The number of hydrogen-bond acceptors (Lipinski definition) is 3. The van der Waals surface area contributed by atoms with Crippen molar-refractivity contribution in [2.75, 3.05) is 0 Å². The molecule has 0 aromatic heterocycles. The Hall–Kier alpha value is -0.120. The second kappa shape index (κ2) is 4.17. The van der Waals surface area contributed by atoms with Crippen molar-refractivity contribution < 1.29 is 14.9 Å². The fraction of sp³-hybridized carbons (Fsp3) is 0.909. The zero-order chi connectivity index (χ0) is 10.1. The van der Waals surface area contributed by atoms with Gasteiger partial charge in [0, 0.05) is 12.3 Å². The lowest BCUT2D eigenvalue weighted by molar-refractivity contribution is -0.172. The summed E-state index contributed by atoms with van der Waals surface area (Å²) in [6.07, 6.45) is 4.77. The van der Waals surface area contributed by atoms with E-state index in [1.54, 1.807) is 0 Å². The van der Waals surface area contributed by atoms with Crippen molar-refractivity contribution in [3.05, 3.63) is 6.42 Å². The van der Waals surface area contributed by atoms with Crippen LogP contribution in [0.2, 0.25) is 0 Å². The van der Waals surface area contributed by atoms with Crippen molar-refractivity contribution in [3.8, 4) is 0 Å². The summed E-state index contributed by atoms with van der Waals surface area (Å²) in [5.41, 5.74) is 0. The van der Waals surface area contributed by atoms with Gasteiger partial charge in [-0.3, -0.25) is 0 Å². The summed E-state index contributed by atoms with van der Waals surface area (Å²) in [4.78, 5) is 0. The van der Waals surface area contributed by atoms with Crippen LogP contribution in [-0.2, 0) is 4.74 Å². The molecule has 0 amide bonds. The lowest BCUT2D eigenvalue weighted by atomic mass is 9.75. The lowest BCUT2D eigenvalue weighted by Gasteiger charge is -2.31. The topological polar surface area (TPSA) is 49.7 Å². The first kappa shape index (κ1) is 10.4. The molecule has 1 saturated heterocycles. The SMILES string of the molecule is CC1C[CH]CC(C2CC(O)OC2O)C1. The molecule has 1 aliphatic carbocycles. The third kappa shape index (κ3) is 2.10. The van der Waals surface area contributed by atoms with E-state index in [4.69, 9.17) is 4.74 Å². The number of aliphatic hydroxyl groups excluding tert-OH is 2. The second-order valence-corrected chi connectivity index (χ2v) is 4.74. The maximum atomic E-state index is 9.60. The molecular formula is C11H19O3. The van der Waals surface area contributed by atoms with Crippen LogP contribution in [0.4, 0.5) is 0 Å². The summed E-state index contributed by atoms with van der Waals surface area (Å²) in [5.74, 6) is 1.33. The molecule has 3 nitrogen and oxygen atoms in total. The van der Waals surface area contributed by atoms with Gasteiger partial charge in [-0.15, -0.1) is 0 Å². The van der Waals surface area contributed by atoms with Gasteiger partial charge in [-0.2, -0.15) is 0 Å². The molecule has 1 heterocycles. The fourth-order valence-electron chi connectivity index (χ4n) is 2.75.